The van der Waals surface area contributed by atoms with Crippen molar-refractivity contribution in [1.82, 2.24) is 0 Å². The first-order valence-corrected chi connectivity index (χ1v) is 6.02. The van der Waals surface area contributed by atoms with Crippen molar-refractivity contribution in [3.05, 3.63) is 63.7 Å². The van der Waals surface area contributed by atoms with Gasteiger partial charge in [0.05, 0.1) is 16.6 Å². The molecule has 0 saturated heterocycles. The van der Waals surface area contributed by atoms with Crippen LogP contribution in [0.1, 0.15) is 22.8 Å². The number of nitrogens with zero attached hydrogens (tertiary/aromatic N) is 1. The summed E-state index contributed by atoms with van der Waals surface area (Å²) in [6.45, 7) is 3.18. The van der Waals surface area contributed by atoms with Crippen LogP contribution in [0.5, 0.6) is 11.5 Å². The molecule has 102 valence electrons. The van der Waals surface area contributed by atoms with Crippen molar-refractivity contribution in [1.29, 1.82) is 0 Å². The molecule has 0 spiro atoms. The number of carbonyl (C=O) groups is 1. The van der Waals surface area contributed by atoms with Crippen molar-refractivity contribution in [2.75, 3.05) is 0 Å². The van der Waals surface area contributed by atoms with Gasteiger partial charge in [-0.15, -0.1) is 0 Å². The quantitative estimate of drug-likeness (QED) is 0.480. The van der Waals surface area contributed by atoms with Gasteiger partial charge in [-0.1, -0.05) is 18.2 Å². The Morgan fingerprint density at radius 1 is 1.20 bits per heavy atom. The monoisotopic (exact) mass is 271 g/mol. The molecule has 0 unspecified atom stereocenters. The predicted molar refractivity (Wildman–Crippen MR) is 74.4 cm³/mol. The molecule has 0 amide bonds. The number of Topliss-reactive ketones (excluding diaryl/α,β-unsaturated/α-hetero) is 1. The third-order valence-electron chi connectivity index (χ3n) is 2.87. The minimum atomic E-state index is -0.582. The minimum Gasteiger partial charge on any atom is -0.457 e. The summed E-state index contributed by atoms with van der Waals surface area (Å²) in [5.41, 5.74) is 0.751. The molecule has 0 heterocycles. The molecular weight excluding hydrogens is 258 g/mol. The average molecular weight is 271 g/mol. The van der Waals surface area contributed by atoms with Gasteiger partial charge in [0.25, 0.3) is 5.69 Å². The van der Waals surface area contributed by atoms with E-state index in [0.29, 0.717) is 11.5 Å². The summed E-state index contributed by atoms with van der Waals surface area (Å²) in [7, 11) is 0. The van der Waals surface area contributed by atoms with Crippen molar-refractivity contribution in [2.45, 2.75) is 13.8 Å². The van der Waals surface area contributed by atoms with Gasteiger partial charge in [-0.3, -0.25) is 14.9 Å². The molecule has 20 heavy (non-hydrogen) atoms. The predicted octanol–water partition coefficient (Wildman–Crippen LogP) is 3.90. The molecule has 2 rings (SSSR count). The highest BCUT2D eigenvalue weighted by atomic mass is 16.6. The summed E-state index contributed by atoms with van der Waals surface area (Å²) >= 11 is 0. The molecule has 0 aliphatic rings. The van der Waals surface area contributed by atoms with Crippen LogP contribution in [0.4, 0.5) is 5.69 Å². The van der Waals surface area contributed by atoms with Gasteiger partial charge in [0.2, 0.25) is 0 Å². The standard InChI is InChI=1S/C15H13NO4/c1-10-5-3-4-6-15(10)20-12-7-8-13(11(2)17)14(9-12)16(18)19/h3-9H,1-2H3. The second-order valence-corrected chi connectivity index (χ2v) is 4.36. The lowest BCUT2D eigenvalue weighted by atomic mass is 10.1. The smallest absolute Gasteiger partial charge is 0.283 e. The average Bonchev–Trinajstić information content (AvgIpc) is 2.41. The van der Waals surface area contributed by atoms with Crippen LogP contribution in [0, 0.1) is 17.0 Å². The molecule has 5 nitrogen and oxygen atoms in total. The molecule has 0 aromatic heterocycles. The second kappa shape index (κ2) is 5.52. The number of rotatable bonds is 4. The maximum Gasteiger partial charge on any atom is 0.283 e. The Balaban J connectivity index is 2.40. The fourth-order valence-corrected chi connectivity index (χ4v) is 1.82. The van der Waals surface area contributed by atoms with Crippen molar-refractivity contribution in [3.63, 3.8) is 0 Å². The summed E-state index contributed by atoms with van der Waals surface area (Å²) in [5.74, 6) is 0.604. The molecule has 2 aromatic rings. The van der Waals surface area contributed by atoms with Crippen LogP contribution in [0.2, 0.25) is 0 Å². The molecule has 0 radical (unpaired) electrons. The highest BCUT2D eigenvalue weighted by Crippen LogP contribution is 2.29. The van der Waals surface area contributed by atoms with Crippen LogP contribution in [0.3, 0.4) is 0 Å². The number of ether oxygens (including phenoxy) is 1. The molecule has 2 aromatic carbocycles. The van der Waals surface area contributed by atoms with E-state index in [4.69, 9.17) is 4.74 Å². The largest absolute Gasteiger partial charge is 0.457 e. The summed E-state index contributed by atoms with van der Waals surface area (Å²) in [4.78, 5) is 21.8. The number of ketones is 1. The molecule has 0 N–H and O–H groups in total. The maximum absolute atomic E-state index is 11.3. The number of hydrogen-bond acceptors (Lipinski definition) is 4. The number of nitro groups is 1. The van der Waals surface area contributed by atoms with E-state index in [0.717, 1.165) is 5.56 Å². The lowest BCUT2D eigenvalue weighted by Gasteiger charge is -2.09. The van der Waals surface area contributed by atoms with Crippen LogP contribution in [0.15, 0.2) is 42.5 Å². The van der Waals surface area contributed by atoms with Gasteiger partial charge in [-0.05, 0) is 37.6 Å². The van der Waals surface area contributed by atoms with Crippen LogP contribution in [0.25, 0.3) is 0 Å². The lowest BCUT2D eigenvalue weighted by Crippen LogP contribution is -2.00. The van der Waals surface area contributed by atoms with Gasteiger partial charge in [-0.25, -0.2) is 0 Å². The third kappa shape index (κ3) is 2.83. The zero-order valence-corrected chi connectivity index (χ0v) is 11.1. The van der Waals surface area contributed by atoms with E-state index in [1.807, 2.05) is 25.1 Å². The van der Waals surface area contributed by atoms with Gasteiger partial charge in [0.1, 0.15) is 11.5 Å². The van der Waals surface area contributed by atoms with E-state index in [1.165, 1.54) is 19.1 Å². The number of carbonyl (C=O) groups excluding carboxylic acids is 1. The summed E-state index contributed by atoms with van der Waals surface area (Å²) in [6.07, 6.45) is 0. The Hall–Kier alpha value is -2.69. The van der Waals surface area contributed by atoms with E-state index in [2.05, 4.69) is 0 Å². The first kappa shape index (κ1) is 13.7. The first-order valence-electron chi connectivity index (χ1n) is 6.02. The SMILES string of the molecule is CC(=O)c1ccc(Oc2ccccc2C)cc1[N+](=O)[O-]. The molecule has 0 saturated carbocycles. The fraction of sp³-hybridized carbons (Fsp3) is 0.133. The zero-order valence-electron chi connectivity index (χ0n) is 11.1. The highest BCUT2D eigenvalue weighted by molar-refractivity contribution is 5.98. The Labute approximate surface area is 116 Å². The fourth-order valence-electron chi connectivity index (χ4n) is 1.82. The number of para-hydroxylation sites is 1. The summed E-state index contributed by atoms with van der Waals surface area (Å²) < 4.78 is 5.62. The van der Waals surface area contributed by atoms with E-state index in [-0.39, 0.29) is 17.0 Å². The zero-order chi connectivity index (χ0) is 14.7. The van der Waals surface area contributed by atoms with Gasteiger partial charge in [0, 0.05) is 0 Å². The molecule has 0 aliphatic heterocycles. The summed E-state index contributed by atoms with van der Waals surface area (Å²) in [5, 5.41) is 11.0. The Morgan fingerprint density at radius 2 is 1.90 bits per heavy atom. The van der Waals surface area contributed by atoms with Crippen molar-refractivity contribution >= 4 is 11.5 Å². The Kier molecular flexibility index (Phi) is 3.79. The van der Waals surface area contributed by atoms with E-state index < -0.39 is 4.92 Å². The first-order chi connectivity index (χ1) is 9.49. The number of nitro benzene ring substituents is 1. The van der Waals surface area contributed by atoms with E-state index in [1.54, 1.807) is 12.1 Å². The molecule has 0 bridgehead atoms. The van der Waals surface area contributed by atoms with Crippen molar-refractivity contribution in [2.24, 2.45) is 0 Å². The maximum atomic E-state index is 11.3. The Bertz CT molecular complexity index is 679. The van der Waals surface area contributed by atoms with Crippen LogP contribution >= 0.6 is 0 Å². The van der Waals surface area contributed by atoms with Crippen molar-refractivity contribution < 1.29 is 14.5 Å². The second-order valence-electron chi connectivity index (χ2n) is 4.36. The molecular formula is C15H13NO4. The van der Waals surface area contributed by atoms with Gasteiger partial charge < -0.3 is 4.74 Å². The van der Waals surface area contributed by atoms with Gasteiger partial charge >= 0.3 is 0 Å². The van der Waals surface area contributed by atoms with Crippen LogP contribution in [-0.2, 0) is 0 Å². The highest BCUT2D eigenvalue weighted by Gasteiger charge is 2.18. The number of hydrogen-bond donors (Lipinski definition) is 0. The topological polar surface area (TPSA) is 69.4 Å². The molecule has 0 fully saturated rings. The normalized spacial score (nSPS) is 10.1. The minimum absolute atomic E-state index is 0.0760. The van der Waals surface area contributed by atoms with Gasteiger partial charge in [0.15, 0.2) is 5.78 Å². The van der Waals surface area contributed by atoms with Crippen LogP contribution in [-0.4, -0.2) is 10.7 Å². The van der Waals surface area contributed by atoms with Crippen LogP contribution < -0.4 is 4.74 Å². The Morgan fingerprint density at radius 3 is 2.50 bits per heavy atom. The van der Waals surface area contributed by atoms with Gasteiger partial charge in [-0.2, -0.15) is 0 Å². The number of aryl methyl sites for hydroxylation is 1. The third-order valence-corrected chi connectivity index (χ3v) is 2.87. The number of benzene rings is 2. The molecule has 0 aliphatic carbocycles. The summed E-state index contributed by atoms with van der Waals surface area (Å²) in [6, 6.07) is 11.6. The molecule has 5 heteroatoms. The lowest BCUT2D eigenvalue weighted by molar-refractivity contribution is -0.385. The van der Waals surface area contributed by atoms with E-state index in [9.17, 15) is 14.9 Å². The molecule has 0 atom stereocenters. The van der Waals surface area contributed by atoms with E-state index >= 15 is 0 Å². The van der Waals surface area contributed by atoms with Crippen molar-refractivity contribution in [3.8, 4) is 11.5 Å².